The minimum absolute atomic E-state index is 0.0662. The zero-order chi connectivity index (χ0) is 12.8. The highest BCUT2D eigenvalue weighted by Gasteiger charge is 2.09. The Hall–Kier alpha value is -1.02. The molecular formula is C15H23O2. The van der Waals surface area contributed by atoms with Crippen molar-refractivity contribution >= 4 is 0 Å². The third-order valence-electron chi connectivity index (χ3n) is 2.64. The zero-order valence-electron chi connectivity index (χ0n) is 11.1. The lowest BCUT2D eigenvalue weighted by molar-refractivity contribution is 0.282. The molecule has 1 N–H and O–H groups in total. The largest absolute Gasteiger partial charge is 0.494 e. The number of ether oxygens (including phenoxy) is 1. The summed E-state index contributed by atoms with van der Waals surface area (Å²) in [4.78, 5) is 0. The monoisotopic (exact) mass is 235 g/mol. The first-order valence-electron chi connectivity index (χ1n) is 6.27. The minimum atomic E-state index is -0.0821. The summed E-state index contributed by atoms with van der Waals surface area (Å²) in [5, 5.41) is 9.18. The number of aliphatic hydroxyl groups is 1. The Morgan fingerprint density at radius 3 is 2.53 bits per heavy atom. The van der Waals surface area contributed by atoms with Crippen molar-refractivity contribution in [3.63, 3.8) is 0 Å². The Bertz CT molecular complexity index is 345. The second kappa shape index (κ2) is 6.65. The fraction of sp³-hybridized carbons (Fsp3) is 0.533. The van der Waals surface area contributed by atoms with Crippen LogP contribution in [0.3, 0.4) is 0 Å². The van der Waals surface area contributed by atoms with E-state index in [1.807, 2.05) is 13.0 Å². The lowest BCUT2D eigenvalue weighted by Gasteiger charge is -2.14. The van der Waals surface area contributed by atoms with E-state index in [0.717, 1.165) is 17.7 Å². The van der Waals surface area contributed by atoms with Gasteiger partial charge in [0.15, 0.2) is 0 Å². The van der Waals surface area contributed by atoms with Crippen molar-refractivity contribution in [3.05, 3.63) is 36.2 Å². The van der Waals surface area contributed by atoms with E-state index in [1.165, 1.54) is 5.56 Å². The van der Waals surface area contributed by atoms with Gasteiger partial charge in [-0.2, -0.15) is 0 Å². The third kappa shape index (κ3) is 4.39. The number of hydrogen-bond donors (Lipinski definition) is 1. The molecule has 0 spiro atoms. The lowest BCUT2D eigenvalue weighted by Crippen LogP contribution is -2.03. The summed E-state index contributed by atoms with van der Waals surface area (Å²) in [6.07, 6.45) is 1.02. The van der Waals surface area contributed by atoms with E-state index < -0.39 is 0 Å². The molecule has 0 aliphatic heterocycles. The van der Waals surface area contributed by atoms with E-state index >= 15 is 0 Å². The molecule has 0 fully saturated rings. The average Bonchev–Trinajstić information content (AvgIpc) is 2.27. The van der Waals surface area contributed by atoms with Crippen LogP contribution in [0.2, 0.25) is 0 Å². The van der Waals surface area contributed by atoms with Crippen LogP contribution in [0.5, 0.6) is 5.75 Å². The van der Waals surface area contributed by atoms with E-state index in [1.54, 1.807) is 0 Å². The molecule has 0 aliphatic carbocycles. The van der Waals surface area contributed by atoms with Gasteiger partial charge in [0.1, 0.15) is 5.75 Å². The van der Waals surface area contributed by atoms with E-state index in [-0.39, 0.29) is 12.5 Å². The molecule has 0 aliphatic rings. The molecule has 2 heteroatoms. The van der Waals surface area contributed by atoms with Crippen LogP contribution < -0.4 is 4.74 Å². The maximum Gasteiger partial charge on any atom is 0.119 e. The highest BCUT2D eigenvalue weighted by molar-refractivity contribution is 5.37. The molecule has 1 aromatic carbocycles. The van der Waals surface area contributed by atoms with Gasteiger partial charge >= 0.3 is 0 Å². The minimum Gasteiger partial charge on any atom is -0.494 e. The predicted molar refractivity (Wildman–Crippen MR) is 71.3 cm³/mol. The lowest BCUT2D eigenvalue weighted by atomic mass is 9.95. The normalized spacial score (nSPS) is 12.8. The summed E-state index contributed by atoms with van der Waals surface area (Å²) in [7, 11) is 0. The van der Waals surface area contributed by atoms with Crippen molar-refractivity contribution < 1.29 is 9.84 Å². The molecule has 0 amide bonds. The van der Waals surface area contributed by atoms with Gasteiger partial charge in [0.2, 0.25) is 0 Å². The van der Waals surface area contributed by atoms with Gasteiger partial charge < -0.3 is 9.84 Å². The van der Waals surface area contributed by atoms with Crippen LogP contribution in [-0.2, 0) is 6.42 Å². The van der Waals surface area contributed by atoms with E-state index in [9.17, 15) is 5.11 Å². The summed E-state index contributed by atoms with van der Waals surface area (Å²) in [6, 6.07) is 6.18. The molecule has 0 saturated carbocycles. The summed E-state index contributed by atoms with van der Waals surface area (Å²) >= 11 is 0. The molecule has 95 valence electrons. The van der Waals surface area contributed by atoms with Crippen molar-refractivity contribution in [3.8, 4) is 5.75 Å². The summed E-state index contributed by atoms with van der Waals surface area (Å²) in [5.41, 5.74) is 2.30. The van der Waals surface area contributed by atoms with Crippen molar-refractivity contribution in [2.45, 2.75) is 33.1 Å². The Morgan fingerprint density at radius 1 is 1.29 bits per heavy atom. The molecule has 0 heterocycles. The molecule has 1 rings (SSSR count). The first-order chi connectivity index (χ1) is 8.06. The smallest absolute Gasteiger partial charge is 0.119 e. The fourth-order valence-electron chi connectivity index (χ4n) is 1.87. The molecule has 17 heavy (non-hydrogen) atoms. The first kappa shape index (κ1) is 14.0. The van der Waals surface area contributed by atoms with Gasteiger partial charge in [0, 0.05) is 12.5 Å². The molecule has 1 radical (unpaired) electrons. The van der Waals surface area contributed by atoms with Crippen LogP contribution in [0.25, 0.3) is 0 Å². The SMILES string of the molecule is [CH2]C(CO)c1cc(CC(C)C)cc(OCC)c1. The maximum atomic E-state index is 9.18. The van der Waals surface area contributed by atoms with Gasteiger partial charge in [0.25, 0.3) is 0 Å². The molecule has 0 saturated heterocycles. The highest BCUT2D eigenvalue weighted by atomic mass is 16.5. The Balaban J connectivity index is 3.00. The number of benzene rings is 1. The first-order valence-corrected chi connectivity index (χ1v) is 6.27. The molecule has 1 unspecified atom stereocenters. The molecule has 0 bridgehead atoms. The second-order valence-electron chi connectivity index (χ2n) is 4.82. The fourth-order valence-corrected chi connectivity index (χ4v) is 1.87. The van der Waals surface area contributed by atoms with Gasteiger partial charge in [0.05, 0.1) is 6.61 Å². The van der Waals surface area contributed by atoms with Crippen molar-refractivity contribution in [2.75, 3.05) is 13.2 Å². The van der Waals surface area contributed by atoms with E-state index in [4.69, 9.17) is 4.74 Å². The topological polar surface area (TPSA) is 29.5 Å². The van der Waals surface area contributed by atoms with Crippen molar-refractivity contribution in [2.24, 2.45) is 5.92 Å². The zero-order valence-corrected chi connectivity index (χ0v) is 11.1. The summed E-state index contributed by atoms with van der Waals surface area (Å²) < 4.78 is 5.55. The molecule has 0 aromatic heterocycles. The van der Waals surface area contributed by atoms with Gasteiger partial charge in [-0.25, -0.2) is 0 Å². The molecular weight excluding hydrogens is 212 g/mol. The Morgan fingerprint density at radius 2 is 2.00 bits per heavy atom. The van der Waals surface area contributed by atoms with Crippen LogP contribution in [0, 0.1) is 12.8 Å². The van der Waals surface area contributed by atoms with Crippen LogP contribution in [0.1, 0.15) is 37.8 Å². The highest BCUT2D eigenvalue weighted by Crippen LogP contribution is 2.24. The van der Waals surface area contributed by atoms with Crippen molar-refractivity contribution in [1.29, 1.82) is 0 Å². The summed E-state index contributed by atoms with van der Waals surface area (Å²) in [6.45, 7) is 11.0. The van der Waals surface area contributed by atoms with Gasteiger partial charge in [-0.15, -0.1) is 0 Å². The number of rotatable bonds is 6. The number of hydrogen-bond acceptors (Lipinski definition) is 2. The Kier molecular flexibility index (Phi) is 5.49. The quantitative estimate of drug-likeness (QED) is 0.820. The van der Waals surface area contributed by atoms with E-state index in [0.29, 0.717) is 12.5 Å². The van der Waals surface area contributed by atoms with Crippen molar-refractivity contribution in [1.82, 2.24) is 0 Å². The van der Waals surface area contributed by atoms with E-state index in [2.05, 4.69) is 32.9 Å². The van der Waals surface area contributed by atoms with Gasteiger partial charge in [-0.1, -0.05) is 19.9 Å². The maximum absolute atomic E-state index is 9.18. The molecule has 1 atom stereocenters. The third-order valence-corrected chi connectivity index (χ3v) is 2.64. The predicted octanol–water partition coefficient (Wildman–Crippen LogP) is 3.19. The second-order valence-corrected chi connectivity index (χ2v) is 4.82. The molecule has 2 nitrogen and oxygen atoms in total. The Labute approximate surface area is 105 Å². The van der Waals surface area contributed by atoms with Gasteiger partial charge in [-0.3, -0.25) is 0 Å². The average molecular weight is 235 g/mol. The number of aliphatic hydroxyl groups excluding tert-OH is 1. The van der Waals surface area contributed by atoms with Crippen LogP contribution in [-0.4, -0.2) is 18.3 Å². The van der Waals surface area contributed by atoms with Crippen LogP contribution >= 0.6 is 0 Å². The molecule has 1 aromatic rings. The van der Waals surface area contributed by atoms with Crippen LogP contribution in [0.4, 0.5) is 0 Å². The summed E-state index contributed by atoms with van der Waals surface area (Å²) in [5.74, 6) is 1.40. The van der Waals surface area contributed by atoms with Gasteiger partial charge in [-0.05, 0) is 49.4 Å². The standard InChI is InChI=1S/C15H23O2/c1-5-17-15-8-13(6-11(2)3)7-14(9-15)12(4)10-16/h7-9,11-12,16H,4-6,10H2,1-3H3. The van der Waals surface area contributed by atoms with Crippen LogP contribution in [0.15, 0.2) is 18.2 Å².